The highest BCUT2D eigenvalue weighted by Gasteiger charge is 2.31. The number of amides is 2. The van der Waals surface area contributed by atoms with Crippen LogP contribution in [0.25, 0.3) is 6.08 Å². The van der Waals surface area contributed by atoms with Crippen molar-refractivity contribution < 1.29 is 14.3 Å². The van der Waals surface area contributed by atoms with Gasteiger partial charge in [0.15, 0.2) is 0 Å². The van der Waals surface area contributed by atoms with E-state index >= 15 is 0 Å². The van der Waals surface area contributed by atoms with E-state index in [1.807, 2.05) is 50.2 Å². The summed E-state index contributed by atoms with van der Waals surface area (Å²) < 4.78 is 5.11. The number of anilines is 2. The van der Waals surface area contributed by atoms with Crippen molar-refractivity contribution in [3.05, 3.63) is 59.7 Å². The van der Waals surface area contributed by atoms with E-state index in [2.05, 4.69) is 10.6 Å². The van der Waals surface area contributed by atoms with Gasteiger partial charge in [-0.05, 0) is 41.5 Å². The predicted molar refractivity (Wildman–Crippen MR) is 103 cm³/mol. The van der Waals surface area contributed by atoms with Crippen molar-refractivity contribution in [1.29, 1.82) is 0 Å². The van der Waals surface area contributed by atoms with Crippen molar-refractivity contribution >= 4 is 29.3 Å². The number of carbonyl (C=O) groups is 2. The number of nitrogens with one attached hydrogen (secondary N) is 2. The van der Waals surface area contributed by atoms with Crippen LogP contribution in [0.2, 0.25) is 0 Å². The molecule has 0 radical (unpaired) electrons. The first-order valence-electron chi connectivity index (χ1n) is 8.45. The van der Waals surface area contributed by atoms with Gasteiger partial charge in [0, 0.05) is 29.3 Å². The molecular formula is C21H22N2O3. The van der Waals surface area contributed by atoms with Crippen LogP contribution in [0, 0.1) is 0 Å². The first-order chi connectivity index (χ1) is 12.4. The number of fused-ring (bicyclic) bond motifs is 1. The average Bonchev–Trinajstić information content (AvgIpc) is 2.59. The van der Waals surface area contributed by atoms with Crippen LogP contribution in [-0.4, -0.2) is 18.9 Å². The minimum Gasteiger partial charge on any atom is -0.497 e. The van der Waals surface area contributed by atoms with Gasteiger partial charge in [0.25, 0.3) is 0 Å². The summed E-state index contributed by atoms with van der Waals surface area (Å²) in [5.41, 5.74) is 3.16. The van der Waals surface area contributed by atoms with Crippen LogP contribution in [0.15, 0.2) is 48.5 Å². The second-order valence-corrected chi connectivity index (χ2v) is 6.96. The molecule has 5 heteroatoms. The summed E-state index contributed by atoms with van der Waals surface area (Å²) in [5, 5.41) is 5.70. The van der Waals surface area contributed by atoms with E-state index in [1.54, 1.807) is 19.3 Å². The molecule has 2 N–H and O–H groups in total. The third-order valence-corrected chi connectivity index (χ3v) is 4.44. The van der Waals surface area contributed by atoms with Crippen LogP contribution in [0.4, 0.5) is 11.4 Å². The van der Waals surface area contributed by atoms with Gasteiger partial charge in [-0.3, -0.25) is 9.59 Å². The van der Waals surface area contributed by atoms with E-state index in [-0.39, 0.29) is 17.2 Å². The molecule has 1 aliphatic rings. The minimum atomic E-state index is -0.234. The van der Waals surface area contributed by atoms with Gasteiger partial charge >= 0.3 is 0 Å². The maximum absolute atomic E-state index is 12.2. The van der Waals surface area contributed by atoms with Crippen molar-refractivity contribution in [3.8, 4) is 5.75 Å². The highest BCUT2D eigenvalue weighted by Crippen LogP contribution is 2.38. The number of hydrogen-bond acceptors (Lipinski definition) is 3. The monoisotopic (exact) mass is 350 g/mol. The molecule has 1 heterocycles. The SMILES string of the molecule is COc1ccc(C=CC(=O)Nc2ccc3c(c2)NC(=O)CC3(C)C)cc1. The maximum Gasteiger partial charge on any atom is 0.248 e. The van der Waals surface area contributed by atoms with Gasteiger partial charge in [-0.1, -0.05) is 32.0 Å². The number of hydrogen-bond donors (Lipinski definition) is 2. The van der Waals surface area contributed by atoms with E-state index in [1.165, 1.54) is 6.08 Å². The quantitative estimate of drug-likeness (QED) is 0.820. The van der Waals surface area contributed by atoms with Crippen LogP contribution < -0.4 is 15.4 Å². The second-order valence-electron chi connectivity index (χ2n) is 6.96. The Morgan fingerprint density at radius 3 is 2.62 bits per heavy atom. The molecule has 0 spiro atoms. The van der Waals surface area contributed by atoms with Crippen molar-refractivity contribution in [2.24, 2.45) is 0 Å². The zero-order valence-electron chi connectivity index (χ0n) is 15.1. The van der Waals surface area contributed by atoms with Crippen LogP contribution in [0.1, 0.15) is 31.4 Å². The Balaban J connectivity index is 1.70. The summed E-state index contributed by atoms with van der Waals surface area (Å²) in [7, 11) is 1.61. The molecule has 0 bridgehead atoms. The Morgan fingerprint density at radius 1 is 1.19 bits per heavy atom. The molecular weight excluding hydrogens is 328 g/mol. The van der Waals surface area contributed by atoms with Crippen LogP contribution in [0.3, 0.4) is 0 Å². The summed E-state index contributed by atoms with van der Waals surface area (Å²) in [4.78, 5) is 24.0. The topological polar surface area (TPSA) is 67.4 Å². The molecule has 5 nitrogen and oxygen atoms in total. The largest absolute Gasteiger partial charge is 0.497 e. The Morgan fingerprint density at radius 2 is 1.92 bits per heavy atom. The average molecular weight is 350 g/mol. The molecule has 1 aliphatic heterocycles. The van der Waals surface area contributed by atoms with Gasteiger partial charge in [0.1, 0.15) is 5.75 Å². The lowest BCUT2D eigenvalue weighted by Crippen LogP contribution is -2.32. The normalized spacial score (nSPS) is 15.3. The van der Waals surface area contributed by atoms with Crippen LogP contribution in [-0.2, 0) is 15.0 Å². The van der Waals surface area contributed by atoms with E-state index < -0.39 is 0 Å². The fourth-order valence-electron chi connectivity index (χ4n) is 3.08. The number of methoxy groups -OCH3 is 1. The van der Waals surface area contributed by atoms with E-state index in [9.17, 15) is 9.59 Å². The second kappa shape index (κ2) is 7.04. The Labute approximate surface area is 153 Å². The molecule has 0 saturated heterocycles. The van der Waals surface area contributed by atoms with Gasteiger partial charge in [0.05, 0.1) is 7.11 Å². The minimum absolute atomic E-state index is 0.00891. The maximum atomic E-state index is 12.2. The molecule has 2 amide bonds. The van der Waals surface area contributed by atoms with Crippen molar-refractivity contribution in [2.75, 3.05) is 17.7 Å². The molecule has 0 aliphatic carbocycles. The van der Waals surface area contributed by atoms with Gasteiger partial charge in [-0.25, -0.2) is 0 Å². The van der Waals surface area contributed by atoms with Crippen molar-refractivity contribution in [3.63, 3.8) is 0 Å². The van der Waals surface area contributed by atoms with Gasteiger partial charge in [0.2, 0.25) is 11.8 Å². The first kappa shape index (κ1) is 17.7. The summed E-state index contributed by atoms with van der Waals surface area (Å²) in [5.74, 6) is 0.526. The molecule has 0 aromatic heterocycles. The highest BCUT2D eigenvalue weighted by molar-refractivity contribution is 6.03. The zero-order chi connectivity index (χ0) is 18.7. The van der Waals surface area contributed by atoms with Gasteiger partial charge in [-0.2, -0.15) is 0 Å². The molecule has 26 heavy (non-hydrogen) atoms. The Hall–Kier alpha value is -3.08. The standard InChI is InChI=1S/C21H22N2O3/c1-21(2)13-20(25)23-18-12-15(7-10-17(18)21)22-19(24)11-6-14-4-8-16(26-3)9-5-14/h4-12H,13H2,1-3H3,(H,22,24)(H,23,25). The Bertz CT molecular complexity index is 867. The summed E-state index contributed by atoms with van der Waals surface area (Å²) in [6.45, 7) is 4.08. The molecule has 3 rings (SSSR count). The van der Waals surface area contributed by atoms with Crippen LogP contribution in [0.5, 0.6) is 5.75 Å². The molecule has 0 saturated carbocycles. The van der Waals surface area contributed by atoms with Crippen molar-refractivity contribution in [1.82, 2.24) is 0 Å². The smallest absolute Gasteiger partial charge is 0.248 e. The number of ether oxygens (including phenoxy) is 1. The lowest BCUT2D eigenvalue weighted by atomic mass is 9.78. The molecule has 2 aromatic rings. The molecule has 0 atom stereocenters. The molecule has 2 aromatic carbocycles. The fourth-order valence-corrected chi connectivity index (χ4v) is 3.08. The highest BCUT2D eigenvalue weighted by atomic mass is 16.5. The lowest BCUT2D eigenvalue weighted by Gasteiger charge is -2.32. The predicted octanol–water partition coefficient (Wildman–Crippen LogP) is 3.97. The summed E-state index contributed by atoms with van der Waals surface area (Å²) >= 11 is 0. The number of rotatable bonds is 4. The van der Waals surface area contributed by atoms with E-state index in [0.29, 0.717) is 12.1 Å². The van der Waals surface area contributed by atoms with Crippen LogP contribution >= 0.6 is 0 Å². The number of benzene rings is 2. The van der Waals surface area contributed by atoms with Gasteiger partial charge < -0.3 is 15.4 Å². The third-order valence-electron chi connectivity index (χ3n) is 4.44. The van der Waals surface area contributed by atoms with E-state index in [0.717, 1.165) is 22.6 Å². The third kappa shape index (κ3) is 3.94. The molecule has 0 unspecified atom stereocenters. The molecule has 134 valence electrons. The zero-order valence-corrected chi connectivity index (χ0v) is 15.1. The Kier molecular flexibility index (Phi) is 4.80. The lowest BCUT2D eigenvalue weighted by molar-refractivity contribution is -0.117. The van der Waals surface area contributed by atoms with Gasteiger partial charge in [-0.15, -0.1) is 0 Å². The number of carbonyl (C=O) groups excluding carboxylic acids is 2. The first-order valence-corrected chi connectivity index (χ1v) is 8.45. The molecule has 0 fully saturated rings. The van der Waals surface area contributed by atoms with Crippen molar-refractivity contribution in [2.45, 2.75) is 25.7 Å². The summed E-state index contributed by atoms with van der Waals surface area (Å²) in [6, 6.07) is 13.0. The fraction of sp³-hybridized carbons (Fsp3) is 0.238. The van der Waals surface area contributed by atoms with E-state index in [4.69, 9.17) is 4.74 Å². The summed E-state index contributed by atoms with van der Waals surface area (Å²) in [6.07, 6.45) is 3.66.